The summed E-state index contributed by atoms with van der Waals surface area (Å²) in [6.07, 6.45) is 1.67. The molecule has 0 saturated carbocycles. The van der Waals surface area contributed by atoms with Gasteiger partial charge in [0.25, 0.3) is 5.91 Å². The van der Waals surface area contributed by atoms with E-state index >= 15 is 0 Å². The third-order valence-electron chi connectivity index (χ3n) is 3.81. The van der Waals surface area contributed by atoms with Gasteiger partial charge < -0.3 is 15.0 Å². The Balaban J connectivity index is 1.49. The van der Waals surface area contributed by atoms with Gasteiger partial charge in [0.1, 0.15) is 10.7 Å². The first-order valence-corrected chi connectivity index (χ1v) is 9.55. The molecule has 3 aromatic heterocycles. The first kappa shape index (κ1) is 15.8. The van der Waals surface area contributed by atoms with E-state index in [0.717, 1.165) is 28.3 Å². The zero-order chi connectivity index (χ0) is 16.5. The number of nitrogens with one attached hydrogen (secondary N) is 1. The fourth-order valence-corrected chi connectivity index (χ4v) is 5.08. The molecule has 1 N–H and O–H groups in total. The molecule has 24 heavy (non-hydrogen) atoms. The molecule has 1 aliphatic heterocycles. The van der Waals surface area contributed by atoms with Gasteiger partial charge in [-0.3, -0.25) is 4.79 Å². The third-order valence-corrected chi connectivity index (χ3v) is 6.56. The number of halogens is 1. The number of pyridine rings is 1. The molecule has 5 nitrogen and oxygen atoms in total. The lowest BCUT2D eigenvalue weighted by Gasteiger charge is -2.27. The number of hydrogen-bond acceptors (Lipinski definition) is 6. The molecule has 0 spiro atoms. The summed E-state index contributed by atoms with van der Waals surface area (Å²) >= 11 is 9.31. The number of rotatable bonds is 3. The van der Waals surface area contributed by atoms with Crippen LogP contribution >= 0.6 is 34.3 Å². The van der Waals surface area contributed by atoms with Crippen LogP contribution in [0.25, 0.3) is 9.40 Å². The van der Waals surface area contributed by atoms with Crippen molar-refractivity contribution in [2.75, 3.05) is 36.5 Å². The highest BCUT2D eigenvalue weighted by Gasteiger charge is 2.18. The Morgan fingerprint density at radius 2 is 2.12 bits per heavy atom. The smallest absolute Gasteiger partial charge is 0.267 e. The van der Waals surface area contributed by atoms with E-state index in [0.29, 0.717) is 28.8 Å². The van der Waals surface area contributed by atoms with Crippen LogP contribution in [-0.2, 0) is 4.74 Å². The number of carbonyl (C=O) groups excluding carboxylic acids is 1. The lowest BCUT2D eigenvalue weighted by Crippen LogP contribution is -2.36. The molecule has 1 aliphatic rings. The Hall–Kier alpha value is -1.67. The SMILES string of the molecule is O=C(Nc1ccc(N2CCOCC2)nc1)c1sc2sccc2c1Cl. The molecule has 0 bridgehead atoms. The molecular formula is C16H14ClN3O2S2. The van der Waals surface area contributed by atoms with Crippen LogP contribution in [0.5, 0.6) is 0 Å². The highest BCUT2D eigenvalue weighted by Crippen LogP contribution is 2.38. The normalized spacial score (nSPS) is 15.0. The fraction of sp³-hybridized carbons (Fsp3) is 0.250. The van der Waals surface area contributed by atoms with E-state index in [9.17, 15) is 4.79 Å². The summed E-state index contributed by atoms with van der Waals surface area (Å²) in [6, 6.07) is 5.71. The van der Waals surface area contributed by atoms with Gasteiger partial charge in [-0.25, -0.2) is 4.98 Å². The summed E-state index contributed by atoms with van der Waals surface area (Å²) in [7, 11) is 0. The summed E-state index contributed by atoms with van der Waals surface area (Å²) in [6.45, 7) is 3.10. The van der Waals surface area contributed by atoms with Crippen molar-refractivity contribution in [3.63, 3.8) is 0 Å². The van der Waals surface area contributed by atoms with Gasteiger partial charge in [0.2, 0.25) is 0 Å². The Kier molecular flexibility index (Phi) is 4.41. The lowest BCUT2D eigenvalue weighted by atomic mass is 10.3. The predicted molar refractivity (Wildman–Crippen MR) is 99.9 cm³/mol. The van der Waals surface area contributed by atoms with Gasteiger partial charge in [0.15, 0.2) is 0 Å². The molecule has 0 unspecified atom stereocenters. The quantitative estimate of drug-likeness (QED) is 0.744. The lowest BCUT2D eigenvalue weighted by molar-refractivity contribution is 0.103. The minimum Gasteiger partial charge on any atom is -0.378 e. The number of thiophene rings is 2. The molecule has 0 aromatic carbocycles. The maximum Gasteiger partial charge on any atom is 0.267 e. The molecule has 8 heteroatoms. The summed E-state index contributed by atoms with van der Waals surface area (Å²) in [4.78, 5) is 19.6. The van der Waals surface area contributed by atoms with Crippen LogP contribution in [0.15, 0.2) is 29.8 Å². The molecule has 1 fully saturated rings. The number of fused-ring (bicyclic) bond motifs is 1. The van der Waals surface area contributed by atoms with Gasteiger partial charge >= 0.3 is 0 Å². The first-order chi connectivity index (χ1) is 11.7. The molecule has 0 radical (unpaired) electrons. The van der Waals surface area contributed by atoms with Crippen molar-refractivity contribution >= 4 is 61.1 Å². The Morgan fingerprint density at radius 3 is 2.83 bits per heavy atom. The van der Waals surface area contributed by atoms with E-state index in [1.165, 1.54) is 11.3 Å². The largest absolute Gasteiger partial charge is 0.378 e. The molecule has 4 rings (SSSR count). The highest BCUT2D eigenvalue weighted by atomic mass is 35.5. The number of hydrogen-bond donors (Lipinski definition) is 1. The maximum atomic E-state index is 12.5. The van der Waals surface area contributed by atoms with E-state index in [-0.39, 0.29) is 5.91 Å². The fourth-order valence-electron chi connectivity index (χ4n) is 2.57. The van der Waals surface area contributed by atoms with Gasteiger partial charge in [-0.2, -0.15) is 0 Å². The van der Waals surface area contributed by atoms with Crippen LogP contribution in [0.1, 0.15) is 9.67 Å². The summed E-state index contributed by atoms with van der Waals surface area (Å²) in [5, 5.41) is 6.30. The number of ether oxygens (including phenoxy) is 1. The number of anilines is 2. The molecule has 124 valence electrons. The molecule has 1 saturated heterocycles. The van der Waals surface area contributed by atoms with Gasteiger partial charge in [-0.1, -0.05) is 11.6 Å². The van der Waals surface area contributed by atoms with Crippen molar-refractivity contribution < 1.29 is 9.53 Å². The monoisotopic (exact) mass is 379 g/mol. The number of amides is 1. The number of aromatic nitrogens is 1. The molecule has 3 aromatic rings. The van der Waals surface area contributed by atoms with Crippen molar-refractivity contribution in [2.45, 2.75) is 0 Å². The predicted octanol–water partition coefficient (Wildman–Crippen LogP) is 4.10. The summed E-state index contributed by atoms with van der Waals surface area (Å²) < 4.78 is 6.40. The molecular weight excluding hydrogens is 366 g/mol. The molecule has 4 heterocycles. The van der Waals surface area contributed by atoms with Crippen LogP contribution in [0.3, 0.4) is 0 Å². The second-order valence-electron chi connectivity index (χ2n) is 5.33. The van der Waals surface area contributed by atoms with Crippen LogP contribution in [0, 0.1) is 0 Å². The number of morpholine rings is 1. The second-order valence-corrected chi connectivity index (χ2v) is 7.90. The van der Waals surface area contributed by atoms with Crippen LogP contribution in [0.2, 0.25) is 5.02 Å². The van der Waals surface area contributed by atoms with Gasteiger partial charge in [-0.15, -0.1) is 22.7 Å². The molecule has 1 amide bonds. The van der Waals surface area contributed by atoms with Crippen LogP contribution in [0.4, 0.5) is 11.5 Å². The highest BCUT2D eigenvalue weighted by molar-refractivity contribution is 7.38. The Morgan fingerprint density at radius 1 is 1.29 bits per heavy atom. The van der Waals surface area contributed by atoms with Crippen molar-refractivity contribution in [1.82, 2.24) is 4.98 Å². The van der Waals surface area contributed by atoms with E-state index in [2.05, 4.69) is 15.2 Å². The standard InChI is InChI=1S/C16H14ClN3O2S2/c17-13-11-3-8-23-16(11)24-14(13)15(21)19-10-1-2-12(18-9-10)20-4-6-22-7-5-20/h1-3,8-9H,4-7H2,(H,19,21). The number of carbonyl (C=O) groups is 1. The number of nitrogens with zero attached hydrogens (tertiary/aromatic N) is 2. The van der Waals surface area contributed by atoms with Crippen LogP contribution in [-0.4, -0.2) is 37.2 Å². The van der Waals surface area contributed by atoms with Crippen molar-refractivity contribution in [3.8, 4) is 0 Å². The van der Waals surface area contributed by atoms with E-state index in [1.807, 2.05) is 23.6 Å². The van der Waals surface area contributed by atoms with Crippen molar-refractivity contribution in [2.24, 2.45) is 0 Å². The van der Waals surface area contributed by atoms with Crippen LogP contribution < -0.4 is 10.2 Å². The topological polar surface area (TPSA) is 54.5 Å². The minimum absolute atomic E-state index is 0.200. The van der Waals surface area contributed by atoms with Crippen molar-refractivity contribution in [1.29, 1.82) is 0 Å². The van der Waals surface area contributed by atoms with E-state index in [4.69, 9.17) is 16.3 Å². The Labute approximate surface area is 151 Å². The summed E-state index contributed by atoms with van der Waals surface area (Å²) in [5.74, 6) is 0.695. The average molecular weight is 380 g/mol. The zero-order valence-electron chi connectivity index (χ0n) is 12.6. The summed E-state index contributed by atoms with van der Waals surface area (Å²) in [5.41, 5.74) is 0.657. The average Bonchev–Trinajstić information content (AvgIpc) is 3.20. The second kappa shape index (κ2) is 6.68. The third kappa shape index (κ3) is 3.00. The minimum atomic E-state index is -0.200. The Bertz CT molecular complexity index is 869. The molecule has 0 atom stereocenters. The van der Waals surface area contributed by atoms with Gasteiger partial charge in [0, 0.05) is 18.5 Å². The van der Waals surface area contributed by atoms with E-state index in [1.54, 1.807) is 17.5 Å². The van der Waals surface area contributed by atoms with Gasteiger partial charge in [-0.05, 0) is 23.6 Å². The first-order valence-electron chi connectivity index (χ1n) is 7.48. The zero-order valence-corrected chi connectivity index (χ0v) is 15.0. The van der Waals surface area contributed by atoms with Crippen molar-refractivity contribution in [3.05, 3.63) is 39.7 Å². The molecule has 0 aliphatic carbocycles. The van der Waals surface area contributed by atoms with Gasteiger partial charge in [0.05, 0.1) is 34.1 Å². The maximum absolute atomic E-state index is 12.5. The van der Waals surface area contributed by atoms with E-state index < -0.39 is 0 Å².